The minimum absolute atomic E-state index is 0.183. The summed E-state index contributed by atoms with van der Waals surface area (Å²) in [7, 11) is -3.06. The van der Waals surface area contributed by atoms with E-state index in [1.54, 1.807) is 0 Å². The molecule has 1 saturated heterocycles. The van der Waals surface area contributed by atoms with Crippen LogP contribution in [0.15, 0.2) is 0 Å². The molecule has 0 aromatic heterocycles. The molecular formula is C9H15NO3S. The predicted octanol–water partition coefficient (Wildman–Crippen LogP) is 0.391. The first-order valence-electron chi connectivity index (χ1n) is 5.07. The molecule has 1 heterocycles. The molecule has 1 aliphatic heterocycles. The Morgan fingerprint density at radius 1 is 1.21 bits per heavy atom. The molecule has 0 atom stereocenters. The van der Waals surface area contributed by atoms with Crippen LogP contribution in [0.2, 0.25) is 0 Å². The number of rotatable bonds is 3. The van der Waals surface area contributed by atoms with Gasteiger partial charge in [0.05, 0.1) is 5.75 Å². The average Bonchev–Trinajstić information content (AvgIpc) is 2.88. The summed E-state index contributed by atoms with van der Waals surface area (Å²) in [4.78, 5) is 10.9. The molecule has 4 nitrogen and oxygen atoms in total. The second kappa shape index (κ2) is 3.62. The van der Waals surface area contributed by atoms with E-state index < -0.39 is 10.0 Å². The zero-order chi connectivity index (χ0) is 10.2. The molecule has 0 aromatic rings. The van der Waals surface area contributed by atoms with Crippen LogP contribution in [0, 0.1) is 5.92 Å². The number of piperidine rings is 1. The van der Waals surface area contributed by atoms with Gasteiger partial charge in [0.25, 0.3) is 0 Å². The summed E-state index contributed by atoms with van der Waals surface area (Å²) in [5, 5.41) is 0. The summed E-state index contributed by atoms with van der Waals surface area (Å²) < 4.78 is 25.0. The number of nitrogens with zero attached hydrogens (tertiary/aromatic N) is 1. The quantitative estimate of drug-likeness (QED) is 0.687. The molecule has 80 valence electrons. The number of hydrogen-bond donors (Lipinski definition) is 0. The van der Waals surface area contributed by atoms with E-state index in [0.717, 1.165) is 12.8 Å². The molecule has 0 N–H and O–H groups in total. The average molecular weight is 217 g/mol. The number of sulfonamides is 1. The lowest BCUT2D eigenvalue weighted by molar-refractivity contribution is -0.120. The van der Waals surface area contributed by atoms with Gasteiger partial charge in [-0.25, -0.2) is 12.7 Å². The smallest absolute Gasteiger partial charge is 0.214 e. The molecular weight excluding hydrogens is 202 g/mol. The van der Waals surface area contributed by atoms with Gasteiger partial charge in [0.1, 0.15) is 5.78 Å². The van der Waals surface area contributed by atoms with E-state index in [-0.39, 0.29) is 5.78 Å². The summed E-state index contributed by atoms with van der Waals surface area (Å²) in [6.45, 7) is 0.793. The Balaban J connectivity index is 1.95. The first kappa shape index (κ1) is 10.1. The van der Waals surface area contributed by atoms with E-state index in [0.29, 0.717) is 37.6 Å². The van der Waals surface area contributed by atoms with E-state index in [4.69, 9.17) is 0 Å². The Morgan fingerprint density at radius 3 is 2.29 bits per heavy atom. The van der Waals surface area contributed by atoms with Gasteiger partial charge in [0.2, 0.25) is 10.0 Å². The summed E-state index contributed by atoms with van der Waals surface area (Å²) in [6, 6.07) is 0. The lowest BCUT2D eigenvalue weighted by Gasteiger charge is -2.25. The molecule has 1 saturated carbocycles. The first-order valence-corrected chi connectivity index (χ1v) is 6.68. The van der Waals surface area contributed by atoms with Gasteiger partial charge in [-0.2, -0.15) is 0 Å². The summed E-state index contributed by atoms with van der Waals surface area (Å²) in [5.41, 5.74) is 0. The molecule has 2 aliphatic rings. The third-order valence-electron chi connectivity index (χ3n) is 2.82. The molecule has 0 bridgehead atoms. The largest absolute Gasteiger partial charge is 0.300 e. The Bertz CT molecular complexity index is 322. The van der Waals surface area contributed by atoms with Crippen molar-refractivity contribution in [2.45, 2.75) is 25.7 Å². The van der Waals surface area contributed by atoms with Crippen LogP contribution < -0.4 is 0 Å². The topological polar surface area (TPSA) is 54.5 Å². The summed E-state index contributed by atoms with van der Waals surface area (Å²) in [6.07, 6.45) is 2.88. The molecule has 0 amide bonds. The van der Waals surface area contributed by atoms with E-state index in [1.807, 2.05) is 0 Å². The Labute approximate surface area is 84.3 Å². The lowest BCUT2D eigenvalue weighted by atomic mass is 10.1. The highest BCUT2D eigenvalue weighted by Crippen LogP contribution is 2.31. The van der Waals surface area contributed by atoms with Crippen LogP contribution in [0.4, 0.5) is 0 Å². The Hall–Kier alpha value is -0.420. The molecule has 5 heteroatoms. The van der Waals surface area contributed by atoms with Crippen molar-refractivity contribution in [3.8, 4) is 0 Å². The van der Waals surface area contributed by atoms with Gasteiger partial charge < -0.3 is 0 Å². The van der Waals surface area contributed by atoms with E-state index in [2.05, 4.69) is 0 Å². The molecule has 2 fully saturated rings. The number of carbonyl (C=O) groups excluding carboxylic acids is 1. The molecule has 0 spiro atoms. The first-order chi connectivity index (χ1) is 6.58. The highest BCUT2D eigenvalue weighted by atomic mass is 32.2. The van der Waals surface area contributed by atoms with E-state index >= 15 is 0 Å². The van der Waals surface area contributed by atoms with Crippen molar-refractivity contribution >= 4 is 15.8 Å². The molecule has 14 heavy (non-hydrogen) atoms. The SMILES string of the molecule is O=C1CCN(S(=O)(=O)CC2CC2)CC1. The monoisotopic (exact) mass is 217 g/mol. The third kappa shape index (κ3) is 2.33. The predicted molar refractivity (Wildman–Crippen MR) is 52.3 cm³/mol. The van der Waals surface area contributed by atoms with Crippen LogP contribution in [0.3, 0.4) is 0 Å². The molecule has 0 radical (unpaired) electrons. The van der Waals surface area contributed by atoms with Gasteiger partial charge in [-0.15, -0.1) is 0 Å². The van der Waals surface area contributed by atoms with Crippen molar-refractivity contribution in [1.82, 2.24) is 4.31 Å². The normalized spacial score (nSPS) is 25.3. The maximum atomic E-state index is 11.8. The van der Waals surface area contributed by atoms with E-state index in [9.17, 15) is 13.2 Å². The van der Waals surface area contributed by atoms with Crippen molar-refractivity contribution in [3.63, 3.8) is 0 Å². The van der Waals surface area contributed by atoms with Crippen LogP contribution in [0.1, 0.15) is 25.7 Å². The fraction of sp³-hybridized carbons (Fsp3) is 0.889. The number of ketones is 1. The van der Waals surface area contributed by atoms with Crippen molar-refractivity contribution < 1.29 is 13.2 Å². The van der Waals surface area contributed by atoms with Crippen molar-refractivity contribution in [2.75, 3.05) is 18.8 Å². The van der Waals surface area contributed by atoms with Crippen LogP contribution >= 0.6 is 0 Å². The zero-order valence-electron chi connectivity index (χ0n) is 8.11. The fourth-order valence-electron chi connectivity index (χ4n) is 1.70. The van der Waals surface area contributed by atoms with Gasteiger partial charge in [-0.05, 0) is 18.8 Å². The summed E-state index contributed by atoms with van der Waals surface area (Å²) in [5.74, 6) is 0.863. The summed E-state index contributed by atoms with van der Waals surface area (Å²) >= 11 is 0. The van der Waals surface area contributed by atoms with Crippen LogP contribution in [-0.4, -0.2) is 37.3 Å². The van der Waals surface area contributed by atoms with Crippen LogP contribution in [0.5, 0.6) is 0 Å². The Morgan fingerprint density at radius 2 is 1.79 bits per heavy atom. The second-order valence-corrected chi connectivity index (χ2v) is 6.17. The van der Waals surface area contributed by atoms with Crippen molar-refractivity contribution in [3.05, 3.63) is 0 Å². The van der Waals surface area contributed by atoms with Gasteiger partial charge in [0.15, 0.2) is 0 Å². The highest BCUT2D eigenvalue weighted by molar-refractivity contribution is 7.89. The van der Waals surface area contributed by atoms with Gasteiger partial charge in [-0.1, -0.05) is 0 Å². The van der Waals surface area contributed by atoms with Gasteiger partial charge in [0, 0.05) is 25.9 Å². The van der Waals surface area contributed by atoms with E-state index in [1.165, 1.54) is 4.31 Å². The third-order valence-corrected chi connectivity index (χ3v) is 4.86. The number of Topliss-reactive ketones (excluding diaryl/α,β-unsaturated/α-hetero) is 1. The second-order valence-electron chi connectivity index (χ2n) is 4.16. The molecule has 2 rings (SSSR count). The Kier molecular flexibility index (Phi) is 2.62. The molecule has 1 aliphatic carbocycles. The number of carbonyl (C=O) groups is 1. The maximum absolute atomic E-state index is 11.8. The fourth-order valence-corrected chi connectivity index (χ4v) is 3.58. The standard InChI is InChI=1S/C9H15NO3S/c11-9-3-5-10(6-4-9)14(12,13)7-8-1-2-8/h8H,1-7H2. The molecule has 0 aromatic carbocycles. The lowest BCUT2D eigenvalue weighted by Crippen LogP contribution is -2.40. The minimum Gasteiger partial charge on any atom is -0.300 e. The molecule has 0 unspecified atom stereocenters. The van der Waals surface area contributed by atoms with Crippen molar-refractivity contribution in [2.24, 2.45) is 5.92 Å². The zero-order valence-corrected chi connectivity index (χ0v) is 8.92. The van der Waals surface area contributed by atoms with Crippen LogP contribution in [-0.2, 0) is 14.8 Å². The van der Waals surface area contributed by atoms with Gasteiger partial charge in [-0.3, -0.25) is 4.79 Å². The number of hydrogen-bond acceptors (Lipinski definition) is 3. The maximum Gasteiger partial charge on any atom is 0.214 e. The van der Waals surface area contributed by atoms with Gasteiger partial charge >= 0.3 is 0 Å². The highest BCUT2D eigenvalue weighted by Gasteiger charge is 2.33. The van der Waals surface area contributed by atoms with Crippen LogP contribution in [0.25, 0.3) is 0 Å². The van der Waals surface area contributed by atoms with Crippen molar-refractivity contribution in [1.29, 1.82) is 0 Å². The minimum atomic E-state index is -3.06.